The number of hydrogen-bond acceptors (Lipinski definition) is 4. The lowest BCUT2D eigenvalue weighted by molar-refractivity contribution is -0.121. The summed E-state index contributed by atoms with van der Waals surface area (Å²) in [6.07, 6.45) is 0.387. The normalized spacial score (nSPS) is 10.6. The Hall–Kier alpha value is -3.57. The molecule has 0 unspecified atom stereocenters. The number of nitrogens with zero attached hydrogens (tertiary/aromatic N) is 1. The van der Waals surface area contributed by atoms with Gasteiger partial charge in [0.25, 0.3) is 0 Å². The van der Waals surface area contributed by atoms with Gasteiger partial charge in [0.15, 0.2) is 5.78 Å². The minimum Gasteiger partial charge on any atom is -0.352 e. The molecule has 4 nitrogen and oxygen atoms in total. The van der Waals surface area contributed by atoms with Crippen LogP contribution >= 0.6 is 11.3 Å². The number of hydrogen-bond donors (Lipinski definition) is 1. The molecule has 1 amide bonds. The lowest BCUT2D eigenvalue weighted by atomic mass is 10.1. The molecule has 4 aromatic rings. The van der Waals surface area contributed by atoms with E-state index >= 15 is 0 Å². The number of nitrogens with one attached hydrogen (secondary N) is 1. The van der Waals surface area contributed by atoms with Crippen LogP contribution in [-0.2, 0) is 11.3 Å². The van der Waals surface area contributed by atoms with Crippen molar-refractivity contribution < 1.29 is 9.59 Å². The molecule has 0 radical (unpaired) electrons. The van der Waals surface area contributed by atoms with Gasteiger partial charge in [0.05, 0.1) is 5.69 Å². The first-order valence-electron chi connectivity index (χ1n) is 10.1. The monoisotopic (exact) mass is 426 g/mol. The van der Waals surface area contributed by atoms with Gasteiger partial charge in [-0.3, -0.25) is 9.59 Å². The van der Waals surface area contributed by atoms with Gasteiger partial charge in [0.1, 0.15) is 5.01 Å². The Morgan fingerprint density at radius 3 is 2.29 bits per heavy atom. The Morgan fingerprint density at radius 2 is 1.52 bits per heavy atom. The van der Waals surface area contributed by atoms with E-state index in [-0.39, 0.29) is 24.5 Å². The summed E-state index contributed by atoms with van der Waals surface area (Å²) in [4.78, 5) is 29.1. The van der Waals surface area contributed by atoms with E-state index in [4.69, 9.17) is 4.98 Å². The van der Waals surface area contributed by atoms with Crippen LogP contribution in [0.25, 0.3) is 21.8 Å². The lowest BCUT2D eigenvalue weighted by Gasteiger charge is -2.07. The second kappa shape index (κ2) is 9.96. The van der Waals surface area contributed by atoms with E-state index in [1.165, 1.54) is 0 Å². The summed E-state index contributed by atoms with van der Waals surface area (Å²) < 4.78 is 0. The van der Waals surface area contributed by atoms with Gasteiger partial charge in [-0.05, 0) is 11.6 Å². The molecule has 0 bridgehead atoms. The highest BCUT2D eigenvalue weighted by Crippen LogP contribution is 2.29. The van der Waals surface area contributed by atoms with Gasteiger partial charge in [-0.15, -0.1) is 11.3 Å². The number of thiazole rings is 1. The van der Waals surface area contributed by atoms with E-state index in [0.717, 1.165) is 27.4 Å². The zero-order chi connectivity index (χ0) is 21.5. The third-order valence-corrected chi connectivity index (χ3v) is 5.80. The van der Waals surface area contributed by atoms with E-state index in [9.17, 15) is 9.59 Å². The van der Waals surface area contributed by atoms with Crippen LogP contribution in [0.1, 0.15) is 28.8 Å². The van der Waals surface area contributed by atoms with Gasteiger partial charge in [-0.25, -0.2) is 4.98 Å². The first-order chi connectivity index (χ1) is 15.2. The van der Waals surface area contributed by atoms with E-state index in [1.54, 1.807) is 23.5 Å². The smallest absolute Gasteiger partial charge is 0.220 e. The van der Waals surface area contributed by atoms with Crippen LogP contribution in [0, 0.1) is 0 Å². The Morgan fingerprint density at radius 1 is 0.806 bits per heavy atom. The van der Waals surface area contributed by atoms with Crippen LogP contribution in [0.5, 0.6) is 0 Å². The van der Waals surface area contributed by atoms with Gasteiger partial charge in [0.2, 0.25) is 5.91 Å². The van der Waals surface area contributed by atoms with E-state index in [1.807, 2.05) is 72.8 Å². The van der Waals surface area contributed by atoms with Crippen LogP contribution in [0.2, 0.25) is 0 Å². The van der Waals surface area contributed by atoms with E-state index in [0.29, 0.717) is 12.1 Å². The van der Waals surface area contributed by atoms with Gasteiger partial charge >= 0.3 is 0 Å². The van der Waals surface area contributed by atoms with Crippen molar-refractivity contribution in [3.05, 3.63) is 101 Å². The highest BCUT2D eigenvalue weighted by atomic mass is 32.1. The van der Waals surface area contributed by atoms with E-state index in [2.05, 4.69) is 10.7 Å². The lowest BCUT2D eigenvalue weighted by Crippen LogP contribution is -2.23. The summed E-state index contributed by atoms with van der Waals surface area (Å²) in [5, 5.41) is 5.91. The summed E-state index contributed by atoms with van der Waals surface area (Å²) in [6.45, 7) is 0.420. The summed E-state index contributed by atoms with van der Waals surface area (Å²) >= 11 is 1.60. The molecule has 4 rings (SSSR count). The Kier molecular flexibility index (Phi) is 6.65. The standard InChI is InChI=1S/C26H22N2O2S/c29-24(21-11-5-2-6-12-21)14-15-25(30)27-17-19-8-7-13-22(16-19)26-28-23(18-31-26)20-9-3-1-4-10-20/h1-13,16,18H,14-15,17H2,(H,27,30). The van der Waals surface area contributed by atoms with Crippen LogP contribution < -0.4 is 5.32 Å². The molecule has 154 valence electrons. The first kappa shape index (κ1) is 20.7. The van der Waals surface area contributed by atoms with Crippen LogP contribution in [0.15, 0.2) is 90.3 Å². The zero-order valence-corrected chi connectivity index (χ0v) is 17.8. The fraction of sp³-hybridized carbons (Fsp3) is 0.115. The average Bonchev–Trinajstić information content (AvgIpc) is 3.33. The van der Waals surface area contributed by atoms with Crippen molar-refractivity contribution in [2.75, 3.05) is 0 Å². The van der Waals surface area contributed by atoms with Crippen molar-refractivity contribution in [3.63, 3.8) is 0 Å². The highest BCUT2D eigenvalue weighted by molar-refractivity contribution is 7.13. The molecular weight excluding hydrogens is 404 g/mol. The van der Waals surface area contributed by atoms with Gasteiger partial charge in [-0.2, -0.15) is 0 Å². The molecule has 0 atom stereocenters. The summed E-state index contributed by atoms with van der Waals surface area (Å²) in [6, 6.07) is 27.2. The van der Waals surface area contributed by atoms with Crippen LogP contribution in [0.3, 0.4) is 0 Å². The average molecular weight is 427 g/mol. The number of amides is 1. The molecule has 5 heteroatoms. The Balaban J connectivity index is 1.33. The molecule has 0 spiro atoms. The third-order valence-electron chi connectivity index (χ3n) is 4.91. The molecule has 0 saturated carbocycles. The number of aromatic nitrogens is 1. The fourth-order valence-electron chi connectivity index (χ4n) is 3.25. The molecule has 0 aliphatic heterocycles. The zero-order valence-electron chi connectivity index (χ0n) is 17.0. The van der Waals surface area contributed by atoms with Crippen molar-refractivity contribution in [2.45, 2.75) is 19.4 Å². The predicted octanol–water partition coefficient (Wildman–Crippen LogP) is 5.76. The van der Waals surface area contributed by atoms with Gasteiger partial charge in [-0.1, -0.05) is 78.9 Å². The summed E-state index contributed by atoms with van der Waals surface area (Å²) in [5.74, 6) is -0.147. The molecule has 0 aliphatic carbocycles. The molecule has 0 fully saturated rings. The largest absolute Gasteiger partial charge is 0.352 e. The Bertz CT molecular complexity index is 1170. The fourth-order valence-corrected chi connectivity index (χ4v) is 4.07. The SMILES string of the molecule is O=C(CCC(=O)c1ccccc1)NCc1cccc(-c2nc(-c3ccccc3)cs2)c1. The number of Topliss-reactive ketones (excluding diaryl/α,β-unsaturated/α-hetero) is 1. The molecule has 1 N–H and O–H groups in total. The summed E-state index contributed by atoms with van der Waals surface area (Å²) in [7, 11) is 0. The number of carbonyl (C=O) groups excluding carboxylic acids is 2. The van der Waals surface area contributed by atoms with Crippen molar-refractivity contribution in [1.82, 2.24) is 10.3 Å². The number of rotatable bonds is 8. The van der Waals surface area contributed by atoms with Gasteiger partial charge in [0, 0.05) is 41.5 Å². The maximum Gasteiger partial charge on any atom is 0.220 e. The van der Waals surface area contributed by atoms with Crippen molar-refractivity contribution >= 4 is 23.0 Å². The van der Waals surface area contributed by atoms with Crippen molar-refractivity contribution in [1.29, 1.82) is 0 Å². The Labute approximate surface area is 185 Å². The van der Waals surface area contributed by atoms with Crippen LogP contribution in [0.4, 0.5) is 0 Å². The maximum atomic E-state index is 12.2. The number of ketones is 1. The number of benzene rings is 3. The topological polar surface area (TPSA) is 59.1 Å². The van der Waals surface area contributed by atoms with E-state index < -0.39 is 0 Å². The second-order valence-electron chi connectivity index (χ2n) is 7.17. The van der Waals surface area contributed by atoms with Gasteiger partial charge < -0.3 is 5.32 Å². The quantitative estimate of drug-likeness (QED) is 0.365. The molecule has 1 aromatic heterocycles. The molecule has 3 aromatic carbocycles. The van der Waals surface area contributed by atoms with Crippen molar-refractivity contribution in [2.24, 2.45) is 0 Å². The molecule has 0 aliphatic rings. The molecular formula is C26H22N2O2S. The maximum absolute atomic E-state index is 12.2. The highest BCUT2D eigenvalue weighted by Gasteiger charge is 2.10. The number of carbonyl (C=O) groups is 2. The summed E-state index contributed by atoms with van der Waals surface area (Å²) in [5.41, 5.74) is 4.72. The predicted molar refractivity (Wildman–Crippen MR) is 125 cm³/mol. The molecule has 0 saturated heterocycles. The minimum absolute atomic E-state index is 0.0178. The molecule has 1 heterocycles. The molecule has 31 heavy (non-hydrogen) atoms. The third kappa shape index (κ3) is 5.53. The van der Waals surface area contributed by atoms with Crippen LogP contribution in [-0.4, -0.2) is 16.7 Å². The van der Waals surface area contributed by atoms with Crippen molar-refractivity contribution in [3.8, 4) is 21.8 Å². The first-order valence-corrected chi connectivity index (χ1v) is 11.0. The second-order valence-corrected chi connectivity index (χ2v) is 8.03. The minimum atomic E-state index is -0.129.